The molecule has 98 valence electrons. The number of carbonyl (C=O) groups is 1. The lowest BCUT2D eigenvalue weighted by Gasteiger charge is -2.19. The fraction of sp³-hybridized carbons (Fsp3) is 0.308. The van der Waals surface area contributed by atoms with Crippen LogP contribution >= 0.6 is 0 Å². The van der Waals surface area contributed by atoms with E-state index >= 15 is 0 Å². The van der Waals surface area contributed by atoms with Crippen LogP contribution in [0.4, 0.5) is 0 Å². The lowest BCUT2D eigenvalue weighted by atomic mass is 10.1. The molecular weight excluding hydrogens is 246 g/mol. The van der Waals surface area contributed by atoms with Gasteiger partial charge in [0.2, 0.25) is 0 Å². The van der Waals surface area contributed by atoms with Crippen molar-refractivity contribution in [3.63, 3.8) is 0 Å². The molecule has 0 saturated heterocycles. The highest BCUT2D eigenvalue weighted by Crippen LogP contribution is 2.23. The molecule has 6 nitrogen and oxygen atoms in total. The molecule has 0 aliphatic carbocycles. The molecule has 0 amide bonds. The first kappa shape index (κ1) is 11.9. The van der Waals surface area contributed by atoms with Crippen molar-refractivity contribution in [1.82, 2.24) is 14.8 Å². The van der Waals surface area contributed by atoms with Gasteiger partial charge in [0.25, 0.3) is 0 Å². The normalized spacial score (nSPS) is 18.1. The molecule has 0 spiro atoms. The molecule has 1 aliphatic rings. The average molecular weight is 259 g/mol. The Morgan fingerprint density at radius 2 is 2.00 bits per heavy atom. The topological polar surface area (TPSA) is 88.2 Å². The molecule has 1 aliphatic heterocycles. The van der Waals surface area contributed by atoms with Crippen LogP contribution in [-0.4, -0.2) is 37.1 Å². The van der Waals surface area contributed by atoms with Gasteiger partial charge in [0.15, 0.2) is 5.82 Å². The lowest BCUT2D eigenvalue weighted by Crippen LogP contribution is -2.24. The first-order valence-electron chi connectivity index (χ1n) is 6.09. The number of rotatable bonds is 2. The molecule has 0 saturated carbocycles. The Labute approximate surface area is 109 Å². The van der Waals surface area contributed by atoms with Gasteiger partial charge in [0.05, 0.1) is 18.2 Å². The van der Waals surface area contributed by atoms with Crippen LogP contribution in [0.1, 0.15) is 22.6 Å². The Morgan fingerprint density at radius 1 is 1.26 bits per heavy atom. The standard InChI is InChI=1S/C13H13N3O3/c17-10-5-6-11-14-15-12(16(11)7-10)8-1-3-9(4-2-8)13(18)19/h1-4,10,17H,5-7H2,(H,18,19). The SMILES string of the molecule is O=C(O)c1ccc(-c2nnc3n2CC(O)CC3)cc1. The smallest absolute Gasteiger partial charge is 0.335 e. The molecule has 2 heterocycles. The summed E-state index contributed by atoms with van der Waals surface area (Å²) in [6.45, 7) is 0.484. The van der Waals surface area contributed by atoms with Gasteiger partial charge in [0.1, 0.15) is 5.82 Å². The second-order valence-electron chi connectivity index (χ2n) is 4.63. The van der Waals surface area contributed by atoms with E-state index in [-0.39, 0.29) is 11.7 Å². The van der Waals surface area contributed by atoms with E-state index in [0.717, 1.165) is 11.4 Å². The molecule has 2 N–H and O–H groups in total. The van der Waals surface area contributed by atoms with Crippen LogP contribution in [0.2, 0.25) is 0 Å². The van der Waals surface area contributed by atoms with Gasteiger partial charge in [-0.25, -0.2) is 4.79 Å². The zero-order chi connectivity index (χ0) is 13.4. The van der Waals surface area contributed by atoms with Crippen LogP contribution in [-0.2, 0) is 13.0 Å². The minimum absolute atomic E-state index is 0.238. The zero-order valence-corrected chi connectivity index (χ0v) is 10.2. The Balaban J connectivity index is 1.98. The number of carboxylic acid groups (broad SMARTS) is 1. The average Bonchev–Trinajstić information content (AvgIpc) is 2.81. The highest BCUT2D eigenvalue weighted by atomic mass is 16.4. The molecule has 1 aromatic heterocycles. The number of hydrogen-bond acceptors (Lipinski definition) is 4. The molecule has 1 aromatic carbocycles. The van der Waals surface area contributed by atoms with Gasteiger partial charge < -0.3 is 14.8 Å². The summed E-state index contributed by atoms with van der Waals surface area (Å²) >= 11 is 0. The van der Waals surface area contributed by atoms with Gasteiger partial charge >= 0.3 is 5.97 Å². The molecule has 3 rings (SSSR count). The third-order valence-electron chi connectivity index (χ3n) is 3.31. The van der Waals surface area contributed by atoms with Crippen LogP contribution in [0.5, 0.6) is 0 Å². The highest BCUT2D eigenvalue weighted by Gasteiger charge is 2.21. The molecular formula is C13H13N3O3. The van der Waals surface area contributed by atoms with Crippen LogP contribution in [0.25, 0.3) is 11.4 Å². The molecule has 6 heteroatoms. The summed E-state index contributed by atoms with van der Waals surface area (Å²) in [5, 5.41) is 26.8. The number of aryl methyl sites for hydroxylation is 1. The van der Waals surface area contributed by atoms with E-state index in [4.69, 9.17) is 5.11 Å². The predicted molar refractivity (Wildman–Crippen MR) is 66.7 cm³/mol. The van der Waals surface area contributed by atoms with Gasteiger partial charge in [-0.15, -0.1) is 10.2 Å². The van der Waals surface area contributed by atoms with Crippen molar-refractivity contribution in [2.24, 2.45) is 0 Å². The Hall–Kier alpha value is -2.21. The van der Waals surface area contributed by atoms with Crippen molar-refractivity contribution in [2.45, 2.75) is 25.5 Å². The Kier molecular flexibility index (Phi) is 2.79. The van der Waals surface area contributed by atoms with E-state index in [1.54, 1.807) is 24.3 Å². The van der Waals surface area contributed by atoms with E-state index in [2.05, 4.69) is 10.2 Å². The summed E-state index contributed by atoms with van der Waals surface area (Å²) in [6.07, 6.45) is 1.04. The number of hydrogen-bond donors (Lipinski definition) is 2. The number of benzene rings is 1. The van der Waals surface area contributed by atoms with Gasteiger partial charge in [-0.1, -0.05) is 12.1 Å². The molecule has 2 aromatic rings. The minimum atomic E-state index is -0.953. The van der Waals surface area contributed by atoms with Gasteiger partial charge in [0, 0.05) is 12.0 Å². The summed E-state index contributed by atoms with van der Waals surface area (Å²) in [7, 11) is 0. The van der Waals surface area contributed by atoms with Crippen LogP contribution < -0.4 is 0 Å². The second-order valence-corrected chi connectivity index (χ2v) is 4.63. The lowest BCUT2D eigenvalue weighted by molar-refractivity contribution is 0.0697. The number of nitrogens with zero attached hydrogens (tertiary/aromatic N) is 3. The summed E-state index contributed by atoms with van der Waals surface area (Å²) in [4.78, 5) is 10.8. The fourth-order valence-electron chi connectivity index (χ4n) is 2.29. The molecule has 19 heavy (non-hydrogen) atoms. The molecule has 1 unspecified atom stereocenters. The molecule has 1 atom stereocenters. The Morgan fingerprint density at radius 3 is 2.68 bits per heavy atom. The van der Waals surface area contributed by atoms with Crippen molar-refractivity contribution in [2.75, 3.05) is 0 Å². The zero-order valence-electron chi connectivity index (χ0n) is 10.2. The van der Waals surface area contributed by atoms with E-state index in [9.17, 15) is 9.90 Å². The third-order valence-corrected chi connectivity index (χ3v) is 3.31. The number of aromatic nitrogens is 3. The Bertz CT molecular complexity index is 619. The van der Waals surface area contributed by atoms with Gasteiger partial charge in [-0.3, -0.25) is 0 Å². The van der Waals surface area contributed by atoms with Crippen LogP contribution in [0.15, 0.2) is 24.3 Å². The number of aliphatic hydroxyl groups excluding tert-OH is 1. The van der Waals surface area contributed by atoms with E-state index < -0.39 is 5.97 Å². The van der Waals surface area contributed by atoms with Crippen LogP contribution in [0.3, 0.4) is 0 Å². The van der Waals surface area contributed by atoms with Crippen molar-refractivity contribution in [3.8, 4) is 11.4 Å². The second kappa shape index (κ2) is 4.47. The summed E-state index contributed by atoms with van der Waals surface area (Å²) < 4.78 is 1.89. The minimum Gasteiger partial charge on any atom is -0.478 e. The van der Waals surface area contributed by atoms with Gasteiger partial charge in [-0.05, 0) is 18.6 Å². The maximum absolute atomic E-state index is 10.8. The van der Waals surface area contributed by atoms with Crippen molar-refractivity contribution < 1.29 is 15.0 Å². The third kappa shape index (κ3) is 2.10. The number of carboxylic acids is 1. The van der Waals surface area contributed by atoms with Gasteiger partial charge in [-0.2, -0.15) is 0 Å². The number of aliphatic hydroxyl groups is 1. The van der Waals surface area contributed by atoms with E-state index in [0.29, 0.717) is 25.2 Å². The summed E-state index contributed by atoms with van der Waals surface area (Å²) in [5.74, 6) is 0.582. The van der Waals surface area contributed by atoms with Crippen molar-refractivity contribution >= 4 is 5.97 Å². The maximum Gasteiger partial charge on any atom is 0.335 e. The van der Waals surface area contributed by atoms with E-state index in [1.165, 1.54) is 0 Å². The maximum atomic E-state index is 10.8. The molecule has 0 fully saturated rings. The highest BCUT2D eigenvalue weighted by molar-refractivity contribution is 5.88. The van der Waals surface area contributed by atoms with E-state index in [1.807, 2.05) is 4.57 Å². The largest absolute Gasteiger partial charge is 0.478 e. The first-order valence-corrected chi connectivity index (χ1v) is 6.09. The fourth-order valence-corrected chi connectivity index (χ4v) is 2.29. The predicted octanol–water partition coefficient (Wildman–Crippen LogP) is 0.950. The van der Waals surface area contributed by atoms with Crippen molar-refractivity contribution in [3.05, 3.63) is 35.7 Å². The molecule has 0 radical (unpaired) electrons. The van der Waals surface area contributed by atoms with Crippen molar-refractivity contribution in [1.29, 1.82) is 0 Å². The molecule has 0 bridgehead atoms. The number of aromatic carboxylic acids is 1. The first-order chi connectivity index (χ1) is 9.15. The monoisotopic (exact) mass is 259 g/mol. The van der Waals surface area contributed by atoms with Crippen LogP contribution in [0, 0.1) is 0 Å². The quantitative estimate of drug-likeness (QED) is 0.838. The number of fused-ring (bicyclic) bond motifs is 1. The summed E-state index contributed by atoms with van der Waals surface area (Å²) in [5.41, 5.74) is 1.04. The summed E-state index contributed by atoms with van der Waals surface area (Å²) in [6, 6.07) is 6.50.